The van der Waals surface area contributed by atoms with Gasteiger partial charge in [0, 0.05) is 18.7 Å². The van der Waals surface area contributed by atoms with Crippen LogP contribution in [0.3, 0.4) is 0 Å². The van der Waals surface area contributed by atoms with Gasteiger partial charge in [0.05, 0.1) is 6.04 Å². The molecule has 0 fully saturated rings. The predicted octanol–water partition coefficient (Wildman–Crippen LogP) is 1.85. The molecule has 3 nitrogen and oxygen atoms in total. The van der Waals surface area contributed by atoms with Crippen molar-refractivity contribution in [1.29, 1.82) is 0 Å². The normalized spacial score (nSPS) is 19.6. The quantitative estimate of drug-likeness (QED) is 0.685. The average Bonchev–Trinajstić information content (AvgIpc) is 2.63. The van der Waals surface area contributed by atoms with E-state index in [4.69, 9.17) is 0 Å². The second-order valence-corrected chi connectivity index (χ2v) is 3.24. The zero-order chi connectivity index (χ0) is 10.8. The van der Waals surface area contributed by atoms with Gasteiger partial charge in [-0.05, 0) is 17.7 Å². The maximum atomic E-state index is 12.9. The molecule has 0 saturated heterocycles. The molecule has 0 N–H and O–H groups in total. The van der Waals surface area contributed by atoms with Crippen LogP contribution < -0.4 is 0 Å². The number of amides is 1. The van der Waals surface area contributed by atoms with Crippen molar-refractivity contribution in [2.24, 2.45) is 5.10 Å². The number of halogens is 2. The number of hydrogen-bond acceptors (Lipinski definition) is 2. The Morgan fingerprint density at radius 3 is 2.60 bits per heavy atom. The molecule has 1 heterocycles. The van der Waals surface area contributed by atoms with Crippen LogP contribution in [0.15, 0.2) is 23.3 Å². The van der Waals surface area contributed by atoms with E-state index in [1.165, 1.54) is 12.1 Å². The number of rotatable bonds is 2. The largest absolute Gasteiger partial charge is 0.277 e. The fraction of sp³-hybridized carbons (Fsp3) is 0.200. The first-order valence-electron chi connectivity index (χ1n) is 4.43. The number of carbonyl (C=O) groups excluding carboxylic acids is 1. The first-order valence-corrected chi connectivity index (χ1v) is 4.43. The Balaban J connectivity index is 2.33. The van der Waals surface area contributed by atoms with Crippen LogP contribution in [0.25, 0.3) is 0 Å². The molecule has 0 aliphatic carbocycles. The number of benzene rings is 1. The maximum Gasteiger partial charge on any atom is 0.230 e. The highest BCUT2D eigenvalue weighted by Crippen LogP contribution is 2.27. The Morgan fingerprint density at radius 2 is 2.00 bits per heavy atom. The number of hydrogen-bond donors (Lipinski definition) is 0. The van der Waals surface area contributed by atoms with Crippen molar-refractivity contribution in [3.05, 3.63) is 35.4 Å². The van der Waals surface area contributed by atoms with Gasteiger partial charge in [-0.15, -0.1) is 0 Å². The van der Waals surface area contributed by atoms with Crippen LogP contribution >= 0.6 is 0 Å². The molecule has 0 radical (unpaired) electrons. The number of carbonyl (C=O) groups is 1. The van der Waals surface area contributed by atoms with Gasteiger partial charge in [0.1, 0.15) is 11.6 Å². The molecular weight excluding hydrogens is 202 g/mol. The molecule has 2 rings (SSSR count). The van der Waals surface area contributed by atoms with Gasteiger partial charge in [-0.1, -0.05) is 0 Å². The van der Waals surface area contributed by atoms with Gasteiger partial charge in [0.2, 0.25) is 6.41 Å². The zero-order valence-corrected chi connectivity index (χ0v) is 7.73. The van der Waals surface area contributed by atoms with Gasteiger partial charge in [0.25, 0.3) is 0 Å². The summed E-state index contributed by atoms with van der Waals surface area (Å²) in [6.07, 6.45) is 2.56. The molecule has 78 valence electrons. The van der Waals surface area contributed by atoms with E-state index in [9.17, 15) is 13.6 Å². The van der Waals surface area contributed by atoms with E-state index in [0.717, 1.165) is 11.1 Å². The molecule has 0 saturated carbocycles. The second-order valence-electron chi connectivity index (χ2n) is 3.24. The van der Waals surface area contributed by atoms with Crippen molar-refractivity contribution in [2.45, 2.75) is 12.5 Å². The molecule has 15 heavy (non-hydrogen) atoms. The minimum absolute atomic E-state index is 0.396. The van der Waals surface area contributed by atoms with E-state index in [1.54, 1.807) is 6.21 Å². The minimum atomic E-state index is -0.650. The van der Waals surface area contributed by atoms with Crippen LogP contribution in [-0.2, 0) is 4.79 Å². The van der Waals surface area contributed by atoms with E-state index in [-0.39, 0.29) is 0 Å². The summed E-state index contributed by atoms with van der Waals surface area (Å²) in [6.45, 7) is 0. The molecule has 1 aromatic carbocycles. The summed E-state index contributed by atoms with van der Waals surface area (Å²) in [7, 11) is 0. The predicted molar refractivity (Wildman–Crippen MR) is 50.1 cm³/mol. The zero-order valence-electron chi connectivity index (χ0n) is 7.73. The van der Waals surface area contributed by atoms with E-state index in [0.29, 0.717) is 18.4 Å². The first-order chi connectivity index (χ1) is 7.20. The lowest BCUT2D eigenvalue weighted by atomic mass is 10.0. The van der Waals surface area contributed by atoms with Crippen LogP contribution in [0, 0.1) is 11.6 Å². The number of nitrogens with zero attached hydrogens (tertiary/aromatic N) is 2. The first kappa shape index (κ1) is 9.76. The number of hydrazone groups is 1. The lowest BCUT2D eigenvalue weighted by Gasteiger charge is -2.17. The highest BCUT2D eigenvalue weighted by Gasteiger charge is 2.23. The van der Waals surface area contributed by atoms with Gasteiger partial charge < -0.3 is 0 Å². The molecule has 0 bridgehead atoms. The van der Waals surface area contributed by atoms with Gasteiger partial charge >= 0.3 is 0 Å². The summed E-state index contributed by atoms with van der Waals surface area (Å²) in [5.74, 6) is -1.30. The molecular formula is C10H8F2N2O. The van der Waals surface area contributed by atoms with Crippen molar-refractivity contribution in [1.82, 2.24) is 5.01 Å². The third-order valence-corrected chi connectivity index (χ3v) is 2.24. The minimum Gasteiger partial charge on any atom is -0.277 e. The molecule has 1 amide bonds. The average molecular weight is 210 g/mol. The Labute approximate surface area is 85.0 Å². The van der Waals surface area contributed by atoms with Crippen molar-refractivity contribution in [2.75, 3.05) is 0 Å². The Bertz CT molecular complexity index is 400. The third kappa shape index (κ3) is 1.86. The Hall–Kier alpha value is -1.78. The maximum absolute atomic E-state index is 12.9. The monoisotopic (exact) mass is 210 g/mol. The fourth-order valence-corrected chi connectivity index (χ4v) is 1.59. The standard InChI is InChI=1S/C10H8F2N2O/c11-8-3-7(4-9(12)5-8)10-1-2-13-14(10)6-15/h2-6,10H,1H2/t10-/m1/s1. The van der Waals surface area contributed by atoms with Gasteiger partial charge in [-0.2, -0.15) is 5.10 Å². The van der Waals surface area contributed by atoms with E-state index < -0.39 is 17.7 Å². The van der Waals surface area contributed by atoms with Crippen LogP contribution in [0.2, 0.25) is 0 Å². The van der Waals surface area contributed by atoms with E-state index >= 15 is 0 Å². The summed E-state index contributed by atoms with van der Waals surface area (Å²) in [4.78, 5) is 10.6. The van der Waals surface area contributed by atoms with Crippen LogP contribution in [0.1, 0.15) is 18.0 Å². The van der Waals surface area contributed by atoms with Crippen molar-refractivity contribution in [3.8, 4) is 0 Å². The molecule has 1 aliphatic rings. The fourth-order valence-electron chi connectivity index (χ4n) is 1.59. The van der Waals surface area contributed by atoms with Crippen molar-refractivity contribution in [3.63, 3.8) is 0 Å². The molecule has 5 heteroatoms. The van der Waals surface area contributed by atoms with Crippen molar-refractivity contribution < 1.29 is 13.6 Å². The summed E-state index contributed by atoms with van der Waals surface area (Å²) in [6, 6.07) is 2.82. The summed E-state index contributed by atoms with van der Waals surface area (Å²) >= 11 is 0. The summed E-state index contributed by atoms with van der Waals surface area (Å²) in [5, 5.41) is 4.91. The van der Waals surface area contributed by atoms with Crippen LogP contribution in [0.5, 0.6) is 0 Å². The van der Waals surface area contributed by atoms with E-state index in [1.807, 2.05) is 0 Å². The Kier molecular flexibility index (Phi) is 2.45. The topological polar surface area (TPSA) is 32.7 Å². The van der Waals surface area contributed by atoms with Crippen molar-refractivity contribution >= 4 is 12.6 Å². The molecule has 1 aromatic rings. The molecule has 0 unspecified atom stereocenters. The molecule has 0 spiro atoms. The second kappa shape index (κ2) is 3.76. The molecule has 1 atom stereocenters. The lowest BCUT2D eigenvalue weighted by Crippen LogP contribution is -2.17. The van der Waals surface area contributed by atoms with Gasteiger partial charge in [0.15, 0.2) is 0 Å². The summed E-state index contributed by atoms with van der Waals surface area (Å²) < 4.78 is 25.8. The van der Waals surface area contributed by atoms with Gasteiger partial charge in [-0.25, -0.2) is 13.8 Å². The van der Waals surface area contributed by atoms with Crippen LogP contribution in [-0.4, -0.2) is 17.6 Å². The molecule has 1 aliphatic heterocycles. The third-order valence-electron chi connectivity index (χ3n) is 2.24. The summed E-state index contributed by atoms with van der Waals surface area (Å²) in [5.41, 5.74) is 0.414. The Morgan fingerprint density at radius 1 is 1.33 bits per heavy atom. The van der Waals surface area contributed by atoms with Crippen LogP contribution in [0.4, 0.5) is 8.78 Å². The highest BCUT2D eigenvalue weighted by molar-refractivity contribution is 5.65. The smallest absolute Gasteiger partial charge is 0.230 e. The molecule has 0 aromatic heterocycles. The lowest BCUT2D eigenvalue weighted by molar-refractivity contribution is -0.119. The SMILES string of the molecule is O=CN1N=CC[C@@H]1c1cc(F)cc(F)c1. The van der Waals surface area contributed by atoms with Gasteiger partial charge in [-0.3, -0.25) is 4.79 Å². The van der Waals surface area contributed by atoms with E-state index in [2.05, 4.69) is 5.10 Å². The highest BCUT2D eigenvalue weighted by atomic mass is 19.1.